The predicted molar refractivity (Wildman–Crippen MR) is 97.7 cm³/mol. The maximum atomic E-state index is 12.7. The van der Waals surface area contributed by atoms with Gasteiger partial charge in [-0.25, -0.2) is 0 Å². The van der Waals surface area contributed by atoms with Gasteiger partial charge in [-0.3, -0.25) is 9.69 Å². The fourth-order valence-corrected chi connectivity index (χ4v) is 3.94. The van der Waals surface area contributed by atoms with E-state index in [9.17, 15) is 9.90 Å². The molecule has 25 heavy (non-hydrogen) atoms. The van der Waals surface area contributed by atoms with Crippen molar-refractivity contribution < 1.29 is 14.6 Å². The summed E-state index contributed by atoms with van der Waals surface area (Å²) in [5, 5.41) is 10.1. The zero-order valence-electron chi connectivity index (χ0n) is 15.4. The van der Waals surface area contributed by atoms with Crippen molar-refractivity contribution in [3.05, 3.63) is 29.8 Å². The highest BCUT2D eigenvalue weighted by Crippen LogP contribution is 2.25. The zero-order valence-corrected chi connectivity index (χ0v) is 15.4. The summed E-state index contributed by atoms with van der Waals surface area (Å²) in [5.41, 5.74) is 0.954. The number of aliphatic hydroxyl groups excluding tert-OH is 1. The number of amides is 1. The number of para-hydroxylation sites is 1. The molecule has 138 valence electrons. The van der Waals surface area contributed by atoms with E-state index in [-0.39, 0.29) is 24.2 Å². The average Bonchev–Trinajstić information content (AvgIpc) is 3.02. The van der Waals surface area contributed by atoms with Crippen LogP contribution in [0.2, 0.25) is 0 Å². The lowest BCUT2D eigenvalue weighted by atomic mass is 10.1. The number of benzene rings is 1. The number of carbonyl (C=O) groups is 1. The minimum atomic E-state index is -0.192. The zero-order chi connectivity index (χ0) is 17.8. The highest BCUT2D eigenvalue weighted by molar-refractivity contribution is 5.79. The number of hydrogen-bond acceptors (Lipinski definition) is 4. The Hall–Kier alpha value is -1.59. The lowest BCUT2D eigenvalue weighted by Gasteiger charge is -2.39. The minimum absolute atomic E-state index is 0.0950. The van der Waals surface area contributed by atoms with Crippen LogP contribution in [0.25, 0.3) is 0 Å². The first-order valence-corrected chi connectivity index (χ1v) is 9.49. The molecule has 5 nitrogen and oxygen atoms in total. The van der Waals surface area contributed by atoms with E-state index < -0.39 is 0 Å². The van der Waals surface area contributed by atoms with Crippen LogP contribution >= 0.6 is 0 Å². The molecule has 0 radical (unpaired) electrons. The number of rotatable bonds is 5. The third-order valence-electron chi connectivity index (χ3n) is 5.26. The second-order valence-corrected chi connectivity index (χ2v) is 7.43. The van der Waals surface area contributed by atoms with E-state index in [1.165, 1.54) is 0 Å². The van der Waals surface area contributed by atoms with Crippen molar-refractivity contribution in [2.75, 3.05) is 26.2 Å². The van der Waals surface area contributed by atoms with Gasteiger partial charge in [-0.15, -0.1) is 0 Å². The Labute approximate surface area is 150 Å². The third kappa shape index (κ3) is 4.53. The van der Waals surface area contributed by atoms with Gasteiger partial charge in [0.05, 0.1) is 18.6 Å². The molecule has 1 saturated carbocycles. The SMILES string of the molecule is CC(C)Oc1ccccc1CC(=O)N1CCN([C@@H]2CCC[C@H]2O)CC1. The highest BCUT2D eigenvalue weighted by atomic mass is 16.5. The molecule has 0 spiro atoms. The van der Waals surface area contributed by atoms with Crippen molar-refractivity contribution >= 4 is 5.91 Å². The fourth-order valence-electron chi connectivity index (χ4n) is 3.94. The molecule has 1 amide bonds. The van der Waals surface area contributed by atoms with E-state index >= 15 is 0 Å². The molecule has 3 rings (SSSR count). The van der Waals surface area contributed by atoms with E-state index in [1.807, 2.05) is 43.0 Å². The fraction of sp³-hybridized carbons (Fsp3) is 0.650. The van der Waals surface area contributed by atoms with E-state index in [1.54, 1.807) is 0 Å². The van der Waals surface area contributed by atoms with E-state index in [0.717, 1.165) is 56.8 Å². The Balaban J connectivity index is 1.55. The maximum absolute atomic E-state index is 12.7. The van der Waals surface area contributed by atoms with Gasteiger partial charge in [-0.05, 0) is 39.2 Å². The van der Waals surface area contributed by atoms with Gasteiger partial charge in [0, 0.05) is 37.8 Å². The van der Waals surface area contributed by atoms with Gasteiger partial charge in [0.15, 0.2) is 0 Å². The summed E-state index contributed by atoms with van der Waals surface area (Å²) in [4.78, 5) is 17.0. The van der Waals surface area contributed by atoms with Gasteiger partial charge in [0.2, 0.25) is 5.91 Å². The van der Waals surface area contributed by atoms with Crippen LogP contribution in [0.3, 0.4) is 0 Å². The largest absolute Gasteiger partial charge is 0.491 e. The molecular weight excluding hydrogens is 316 g/mol. The summed E-state index contributed by atoms with van der Waals surface area (Å²) in [5.74, 6) is 0.963. The Kier molecular flexibility index (Phi) is 5.97. The molecule has 1 N–H and O–H groups in total. The molecule has 0 aromatic heterocycles. The van der Waals surface area contributed by atoms with Crippen molar-refractivity contribution in [2.45, 2.75) is 57.8 Å². The highest BCUT2D eigenvalue weighted by Gasteiger charge is 2.33. The summed E-state index contributed by atoms with van der Waals surface area (Å²) in [6.45, 7) is 7.20. The lowest BCUT2D eigenvalue weighted by Crippen LogP contribution is -2.53. The number of aliphatic hydroxyl groups is 1. The Morgan fingerprint density at radius 1 is 1.20 bits per heavy atom. The molecule has 2 aliphatic rings. The maximum Gasteiger partial charge on any atom is 0.227 e. The first-order valence-electron chi connectivity index (χ1n) is 9.49. The molecule has 0 unspecified atom stereocenters. The van der Waals surface area contributed by atoms with Crippen molar-refractivity contribution in [3.63, 3.8) is 0 Å². The van der Waals surface area contributed by atoms with Crippen LogP contribution in [0.15, 0.2) is 24.3 Å². The van der Waals surface area contributed by atoms with E-state index in [4.69, 9.17) is 4.74 Å². The van der Waals surface area contributed by atoms with Gasteiger partial charge in [-0.1, -0.05) is 18.2 Å². The number of ether oxygens (including phenoxy) is 1. The van der Waals surface area contributed by atoms with Gasteiger partial charge < -0.3 is 14.7 Å². The standard InChI is InChI=1S/C20H30N2O3/c1-15(2)25-19-9-4-3-6-16(19)14-20(24)22-12-10-21(11-13-22)17-7-5-8-18(17)23/h3-4,6,9,15,17-18,23H,5,7-8,10-14H2,1-2H3/t17-,18-/m1/s1. The molecule has 1 aliphatic carbocycles. The van der Waals surface area contributed by atoms with Gasteiger partial charge in [0.1, 0.15) is 5.75 Å². The van der Waals surface area contributed by atoms with Crippen molar-refractivity contribution in [3.8, 4) is 5.75 Å². The predicted octanol–water partition coefficient (Wildman–Crippen LogP) is 2.07. The topological polar surface area (TPSA) is 53.0 Å². The minimum Gasteiger partial charge on any atom is -0.491 e. The molecule has 1 heterocycles. The van der Waals surface area contributed by atoms with Gasteiger partial charge >= 0.3 is 0 Å². The smallest absolute Gasteiger partial charge is 0.227 e. The average molecular weight is 346 g/mol. The molecule has 2 atom stereocenters. The van der Waals surface area contributed by atoms with E-state index in [2.05, 4.69) is 4.90 Å². The van der Waals surface area contributed by atoms with E-state index in [0.29, 0.717) is 6.42 Å². The quantitative estimate of drug-likeness (QED) is 0.887. The first-order chi connectivity index (χ1) is 12.0. The van der Waals surface area contributed by atoms with Crippen molar-refractivity contribution in [1.29, 1.82) is 0 Å². The van der Waals surface area contributed by atoms with Crippen molar-refractivity contribution in [1.82, 2.24) is 9.80 Å². The summed E-state index contributed by atoms with van der Waals surface area (Å²) in [6, 6.07) is 8.09. The Morgan fingerprint density at radius 2 is 1.92 bits per heavy atom. The summed E-state index contributed by atoms with van der Waals surface area (Å²) in [6.07, 6.45) is 3.39. The Morgan fingerprint density at radius 3 is 2.56 bits per heavy atom. The number of carbonyl (C=O) groups excluding carboxylic acids is 1. The van der Waals surface area contributed by atoms with Crippen LogP contribution in [0.4, 0.5) is 0 Å². The first kappa shape index (κ1) is 18.2. The molecule has 2 fully saturated rings. The third-order valence-corrected chi connectivity index (χ3v) is 5.26. The second-order valence-electron chi connectivity index (χ2n) is 7.43. The molecule has 1 aliphatic heterocycles. The van der Waals surface area contributed by atoms with Gasteiger partial charge in [-0.2, -0.15) is 0 Å². The normalized spacial score (nSPS) is 24.7. The monoisotopic (exact) mass is 346 g/mol. The molecule has 0 bridgehead atoms. The molecule has 1 aromatic carbocycles. The summed E-state index contributed by atoms with van der Waals surface area (Å²) >= 11 is 0. The summed E-state index contributed by atoms with van der Waals surface area (Å²) in [7, 11) is 0. The molecule has 1 saturated heterocycles. The van der Waals surface area contributed by atoms with Crippen LogP contribution in [0.1, 0.15) is 38.7 Å². The number of nitrogens with zero attached hydrogens (tertiary/aromatic N) is 2. The molecule has 5 heteroatoms. The number of piperazine rings is 1. The van der Waals surface area contributed by atoms with Crippen molar-refractivity contribution in [2.24, 2.45) is 0 Å². The molecule has 1 aromatic rings. The summed E-state index contributed by atoms with van der Waals surface area (Å²) < 4.78 is 5.82. The lowest BCUT2D eigenvalue weighted by molar-refractivity contribution is -0.132. The molecular formula is C20H30N2O3. The second kappa shape index (κ2) is 8.19. The Bertz CT molecular complexity index is 582. The number of hydrogen-bond donors (Lipinski definition) is 1. The van der Waals surface area contributed by atoms with Crippen LogP contribution in [0, 0.1) is 0 Å². The van der Waals surface area contributed by atoms with Crippen LogP contribution in [0.5, 0.6) is 5.75 Å². The van der Waals surface area contributed by atoms with Crippen LogP contribution in [-0.4, -0.2) is 65.2 Å². The van der Waals surface area contributed by atoms with Crippen LogP contribution < -0.4 is 4.74 Å². The van der Waals surface area contributed by atoms with Gasteiger partial charge in [0.25, 0.3) is 0 Å². The van der Waals surface area contributed by atoms with Crippen LogP contribution in [-0.2, 0) is 11.2 Å².